The fourth-order valence-corrected chi connectivity index (χ4v) is 2.60. The molecule has 0 unspecified atom stereocenters. The van der Waals surface area contributed by atoms with E-state index in [9.17, 15) is 9.18 Å². The predicted molar refractivity (Wildman–Crippen MR) is 99.9 cm³/mol. The number of ether oxygens (including phenoxy) is 2. The number of anilines is 3. The first-order valence-electron chi connectivity index (χ1n) is 8.59. The minimum atomic E-state index is -0.516. The summed E-state index contributed by atoms with van der Waals surface area (Å²) in [7, 11) is 3.66. The van der Waals surface area contributed by atoms with E-state index < -0.39 is 11.7 Å². The van der Waals surface area contributed by atoms with Crippen LogP contribution in [0.15, 0.2) is 30.5 Å². The van der Waals surface area contributed by atoms with E-state index in [2.05, 4.69) is 15.3 Å². The molecule has 1 aromatic heterocycles. The van der Waals surface area contributed by atoms with Crippen molar-refractivity contribution < 1.29 is 18.7 Å². The fourth-order valence-electron chi connectivity index (χ4n) is 2.60. The highest BCUT2D eigenvalue weighted by Crippen LogP contribution is 2.24. The van der Waals surface area contributed by atoms with Crippen LogP contribution in [-0.2, 0) is 9.53 Å². The molecule has 2 heterocycles. The van der Waals surface area contributed by atoms with Crippen molar-refractivity contribution in [2.45, 2.75) is 0 Å². The zero-order chi connectivity index (χ0) is 19.2. The molecule has 0 aliphatic carbocycles. The molecule has 8 nitrogen and oxygen atoms in total. The molecule has 2 aromatic rings. The van der Waals surface area contributed by atoms with E-state index in [4.69, 9.17) is 9.47 Å². The third-order valence-corrected chi connectivity index (χ3v) is 3.94. The Morgan fingerprint density at radius 3 is 2.78 bits per heavy atom. The molecule has 1 saturated heterocycles. The van der Waals surface area contributed by atoms with Gasteiger partial charge in [0.1, 0.15) is 5.69 Å². The smallest absolute Gasteiger partial charge is 0.262 e. The molecule has 1 fully saturated rings. The molecule has 144 valence electrons. The Balaban J connectivity index is 1.67. The molecule has 0 saturated carbocycles. The number of carbonyl (C=O) groups is 1. The van der Waals surface area contributed by atoms with Gasteiger partial charge in [-0.15, -0.1) is 0 Å². The van der Waals surface area contributed by atoms with Crippen molar-refractivity contribution in [2.24, 2.45) is 0 Å². The highest BCUT2D eigenvalue weighted by molar-refractivity contribution is 5.94. The van der Waals surface area contributed by atoms with E-state index >= 15 is 0 Å². The number of nitrogens with one attached hydrogen (secondary N) is 1. The van der Waals surface area contributed by atoms with Crippen molar-refractivity contribution in [2.75, 3.05) is 62.1 Å². The Kier molecular flexibility index (Phi) is 6.02. The second-order valence-corrected chi connectivity index (χ2v) is 6.17. The van der Waals surface area contributed by atoms with E-state index in [1.54, 1.807) is 23.2 Å². The number of carbonyl (C=O) groups excluding carboxylic acids is 1. The van der Waals surface area contributed by atoms with Gasteiger partial charge in [0, 0.05) is 27.2 Å². The fraction of sp³-hybridized carbons (Fsp3) is 0.389. The zero-order valence-electron chi connectivity index (χ0n) is 15.3. The lowest BCUT2D eigenvalue weighted by Crippen LogP contribution is -2.37. The summed E-state index contributed by atoms with van der Waals surface area (Å²) < 4.78 is 24.1. The lowest BCUT2D eigenvalue weighted by atomic mass is 10.3. The van der Waals surface area contributed by atoms with E-state index in [1.165, 1.54) is 12.1 Å². The maximum absolute atomic E-state index is 13.6. The Morgan fingerprint density at radius 2 is 2.07 bits per heavy atom. The molecule has 1 aromatic carbocycles. The maximum atomic E-state index is 13.6. The molecule has 1 aliphatic heterocycles. The number of morpholine rings is 1. The first-order chi connectivity index (χ1) is 13.0. The summed E-state index contributed by atoms with van der Waals surface area (Å²) in [6.45, 7) is 2.38. The second-order valence-electron chi connectivity index (χ2n) is 6.17. The van der Waals surface area contributed by atoms with E-state index in [0.29, 0.717) is 30.7 Å². The predicted octanol–water partition coefficient (Wildman–Crippen LogP) is 1.54. The van der Waals surface area contributed by atoms with Gasteiger partial charge in [-0.25, -0.2) is 9.37 Å². The SMILES string of the molecule is CN(C)c1nc(N2CCOCC2)ncc1NC(=O)COc1ccccc1F. The van der Waals surface area contributed by atoms with Crippen LogP contribution in [0.4, 0.5) is 21.8 Å². The van der Waals surface area contributed by atoms with Crippen LogP contribution in [0.2, 0.25) is 0 Å². The minimum absolute atomic E-state index is 0.0272. The lowest BCUT2D eigenvalue weighted by Gasteiger charge is -2.28. The average Bonchev–Trinajstić information content (AvgIpc) is 2.68. The summed E-state index contributed by atoms with van der Waals surface area (Å²) in [4.78, 5) is 24.9. The molecule has 27 heavy (non-hydrogen) atoms. The Morgan fingerprint density at radius 1 is 1.33 bits per heavy atom. The lowest BCUT2D eigenvalue weighted by molar-refractivity contribution is -0.118. The van der Waals surface area contributed by atoms with Crippen LogP contribution in [0.25, 0.3) is 0 Å². The van der Waals surface area contributed by atoms with Gasteiger partial charge in [0.05, 0.1) is 19.4 Å². The number of rotatable bonds is 6. The third kappa shape index (κ3) is 4.82. The van der Waals surface area contributed by atoms with Gasteiger partial charge in [-0.1, -0.05) is 12.1 Å². The van der Waals surface area contributed by atoms with Crippen molar-refractivity contribution in [1.29, 1.82) is 0 Å². The van der Waals surface area contributed by atoms with Crippen LogP contribution >= 0.6 is 0 Å². The monoisotopic (exact) mass is 375 g/mol. The normalized spacial score (nSPS) is 14.0. The number of para-hydroxylation sites is 1. The van der Waals surface area contributed by atoms with Gasteiger partial charge in [0.15, 0.2) is 24.0 Å². The Hall–Kier alpha value is -2.94. The highest BCUT2D eigenvalue weighted by atomic mass is 19.1. The summed E-state index contributed by atoms with van der Waals surface area (Å²) >= 11 is 0. The van der Waals surface area contributed by atoms with Gasteiger partial charge in [-0.2, -0.15) is 4.98 Å². The summed E-state index contributed by atoms with van der Waals surface area (Å²) in [5, 5.41) is 2.72. The number of benzene rings is 1. The van der Waals surface area contributed by atoms with Crippen LogP contribution in [0, 0.1) is 5.82 Å². The molecule has 3 rings (SSSR count). The van der Waals surface area contributed by atoms with Crippen molar-refractivity contribution in [1.82, 2.24) is 9.97 Å². The number of nitrogens with zero attached hydrogens (tertiary/aromatic N) is 4. The topological polar surface area (TPSA) is 79.8 Å². The third-order valence-electron chi connectivity index (χ3n) is 3.94. The van der Waals surface area contributed by atoms with Gasteiger partial charge in [0.2, 0.25) is 5.95 Å². The van der Waals surface area contributed by atoms with Gasteiger partial charge >= 0.3 is 0 Å². The number of aromatic nitrogens is 2. The van der Waals surface area contributed by atoms with Crippen LogP contribution in [0.3, 0.4) is 0 Å². The quantitative estimate of drug-likeness (QED) is 0.820. The summed E-state index contributed by atoms with van der Waals surface area (Å²) in [5.74, 6) is 0.245. The summed E-state index contributed by atoms with van der Waals surface area (Å²) in [6, 6.07) is 5.93. The molecule has 0 atom stereocenters. The molecule has 9 heteroatoms. The molecule has 1 aliphatic rings. The maximum Gasteiger partial charge on any atom is 0.262 e. The number of hydrogen-bond donors (Lipinski definition) is 1. The van der Waals surface area contributed by atoms with Gasteiger partial charge < -0.3 is 24.6 Å². The zero-order valence-corrected chi connectivity index (χ0v) is 15.3. The summed E-state index contributed by atoms with van der Waals surface area (Å²) in [5.41, 5.74) is 0.458. The van der Waals surface area contributed by atoms with E-state index in [1.807, 2.05) is 19.0 Å². The van der Waals surface area contributed by atoms with Crippen molar-refractivity contribution in [3.05, 3.63) is 36.3 Å². The first kappa shape index (κ1) is 18.8. The van der Waals surface area contributed by atoms with Gasteiger partial charge in [-0.05, 0) is 12.1 Å². The van der Waals surface area contributed by atoms with Crippen molar-refractivity contribution in [3.63, 3.8) is 0 Å². The van der Waals surface area contributed by atoms with Crippen molar-refractivity contribution in [3.8, 4) is 5.75 Å². The van der Waals surface area contributed by atoms with Crippen LogP contribution < -0.4 is 19.9 Å². The minimum Gasteiger partial charge on any atom is -0.481 e. The average molecular weight is 375 g/mol. The van der Waals surface area contributed by atoms with E-state index in [0.717, 1.165) is 13.1 Å². The van der Waals surface area contributed by atoms with E-state index in [-0.39, 0.29) is 12.4 Å². The molecule has 0 spiro atoms. The van der Waals surface area contributed by atoms with Gasteiger partial charge in [0.25, 0.3) is 5.91 Å². The molecule has 0 bridgehead atoms. The van der Waals surface area contributed by atoms with Crippen LogP contribution in [-0.4, -0.2) is 62.9 Å². The van der Waals surface area contributed by atoms with Crippen LogP contribution in [0.1, 0.15) is 0 Å². The number of hydrogen-bond acceptors (Lipinski definition) is 7. The Labute approximate surface area is 156 Å². The largest absolute Gasteiger partial charge is 0.481 e. The molecular formula is C18H22FN5O3. The molecule has 1 N–H and O–H groups in total. The molecule has 1 amide bonds. The number of amides is 1. The standard InChI is InChI=1S/C18H22FN5O3/c1-23(2)17-14(11-20-18(22-17)24-7-9-26-10-8-24)21-16(25)12-27-15-6-4-3-5-13(15)19/h3-6,11H,7-10,12H2,1-2H3,(H,21,25). The molecule has 0 radical (unpaired) electrons. The van der Waals surface area contributed by atoms with Crippen LogP contribution in [0.5, 0.6) is 5.75 Å². The Bertz CT molecular complexity index is 796. The summed E-state index contributed by atoms with van der Waals surface area (Å²) in [6.07, 6.45) is 1.56. The first-order valence-corrected chi connectivity index (χ1v) is 8.59. The number of halogens is 1. The molecular weight excluding hydrogens is 353 g/mol. The van der Waals surface area contributed by atoms with Gasteiger partial charge in [-0.3, -0.25) is 4.79 Å². The second kappa shape index (κ2) is 8.63. The van der Waals surface area contributed by atoms with Crippen molar-refractivity contribution >= 4 is 23.4 Å². The highest BCUT2D eigenvalue weighted by Gasteiger charge is 2.18.